The van der Waals surface area contributed by atoms with E-state index in [4.69, 9.17) is 9.47 Å². The number of para-hydroxylation sites is 2. The van der Waals surface area contributed by atoms with E-state index in [0.29, 0.717) is 11.5 Å². The van der Waals surface area contributed by atoms with Gasteiger partial charge in [0.05, 0.1) is 24.8 Å². The summed E-state index contributed by atoms with van der Waals surface area (Å²) in [6, 6.07) is 8.09. The van der Waals surface area contributed by atoms with Gasteiger partial charge in [0, 0.05) is 26.2 Å². The molecule has 3 aromatic rings. The Morgan fingerprint density at radius 2 is 1.86 bits per heavy atom. The molecule has 7 nitrogen and oxygen atoms in total. The van der Waals surface area contributed by atoms with Gasteiger partial charge >= 0.3 is 5.97 Å². The average Bonchev–Trinajstić information content (AvgIpc) is 3.11. The van der Waals surface area contributed by atoms with Crippen LogP contribution in [0.2, 0.25) is 0 Å². The molecule has 0 unspecified atom stereocenters. The van der Waals surface area contributed by atoms with Gasteiger partial charge in [0.25, 0.3) is 0 Å². The molecule has 8 heteroatoms. The SMILES string of the molecule is CCOC(=O)c1sc2ncnc(N3CCN(c4ccccc4OC)CC3)c2c1C. The van der Waals surface area contributed by atoms with Crippen LogP contribution in [0.1, 0.15) is 22.2 Å². The number of carbonyl (C=O) groups excluding carboxylic acids is 1. The first-order chi connectivity index (χ1) is 14.1. The molecule has 0 saturated carbocycles. The van der Waals surface area contributed by atoms with Gasteiger partial charge in [-0.25, -0.2) is 14.8 Å². The van der Waals surface area contributed by atoms with Gasteiger partial charge in [-0.2, -0.15) is 0 Å². The smallest absolute Gasteiger partial charge is 0.348 e. The van der Waals surface area contributed by atoms with Crippen molar-refractivity contribution in [3.63, 3.8) is 0 Å². The minimum atomic E-state index is -0.292. The molecule has 0 atom stereocenters. The summed E-state index contributed by atoms with van der Waals surface area (Å²) in [5.41, 5.74) is 2.00. The lowest BCUT2D eigenvalue weighted by Gasteiger charge is -2.37. The van der Waals surface area contributed by atoms with Crippen molar-refractivity contribution in [2.24, 2.45) is 0 Å². The van der Waals surface area contributed by atoms with Crippen LogP contribution in [0.15, 0.2) is 30.6 Å². The predicted molar refractivity (Wildman–Crippen MR) is 116 cm³/mol. The Bertz CT molecular complexity index is 1030. The van der Waals surface area contributed by atoms with Gasteiger partial charge < -0.3 is 19.3 Å². The number of piperazine rings is 1. The summed E-state index contributed by atoms with van der Waals surface area (Å²) >= 11 is 1.37. The number of aromatic nitrogens is 2. The zero-order valence-electron chi connectivity index (χ0n) is 16.8. The number of carbonyl (C=O) groups is 1. The summed E-state index contributed by atoms with van der Waals surface area (Å²) in [4.78, 5) is 27.3. The third-order valence-electron chi connectivity index (χ3n) is 5.17. The van der Waals surface area contributed by atoms with Crippen molar-refractivity contribution in [2.45, 2.75) is 13.8 Å². The third kappa shape index (κ3) is 3.60. The van der Waals surface area contributed by atoms with Gasteiger partial charge in [-0.3, -0.25) is 0 Å². The number of rotatable bonds is 5. The van der Waals surface area contributed by atoms with Crippen molar-refractivity contribution >= 4 is 39.0 Å². The monoisotopic (exact) mass is 412 g/mol. The normalized spacial score (nSPS) is 14.3. The Kier molecular flexibility index (Phi) is 5.53. The molecule has 1 saturated heterocycles. The van der Waals surface area contributed by atoms with Crippen LogP contribution in [-0.2, 0) is 4.74 Å². The largest absolute Gasteiger partial charge is 0.495 e. The zero-order chi connectivity index (χ0) is 20.4. The van der Waals surface area contributed by atoms with Gasteiger partial charge in [0.1, 0.15) is 27.6 Å². The van der Waals surface area contributed by atoms with Gasteiger partial charge in [0.15, 0.2) is 0 Å². The number of thiophene rings is 1. The van der Waals surface area contributed by atoms with E-state index >= 15 is 0 Å². The van der Waals surface area contributed by atoms with E-state index in [-0.39, 0.29) is 5.97 Å². The van der Waals surface area contributed by atoms with Gasteiger partial charge in [-0.1, -0.05) is 12.1 Å². The van der Waals surface area contributed by atoms with E-state index in [0.717, 1.165) is 59.2 Å². The van der Waals surface area contributed by atoms with Crippen LogP contribution in [0.25, 0.3) is 10.2 Å². The van der Waals surface area contributed by atoms with Crippen molar-refractivity contribution in [1.82, 2.24) is 9.97 Å². The fourth-order valence-electron chi connectivity index (χ4n) is 3.73. The van der Waals surface area contributed by atoms with Gasteiger partial charge in [0.2, 0.25) is 0 Å². The fourth-order valence-corrected chi connectivity index (χ4v) is 4.77. The van der Waals surface area contributed by atoms with Crippen LogP contribution in [0, 0.1) is 6.92 Å². The number of methoxy groups -OCH3 is 1. The van der Waals surface area contributed by atoms with Crippen molar-refractivity contribution in [3.8, 4) is 5.75 Å². The number of fused-ring (bicyclic) bond motifs is 1. The van der Waals surface area contributed by atoms with E-state index in [1.165, 1.54) is 11.3 Å². The number of anilines is 2. The highest BCUT2D eigenvalue weighted by atomic mass is 32.1. The Labute approximate surface area is 173 Å². The summed E-state index contributed by atoms with van der Waals surface area (Å²) < 4.78 is 10.7. The van der Waals surface area contributed by atoms with Crippen LogP contribution in [-0.4, -0.2) is 55.8 Å². The second-order valence-corrected chi connectivity index (χ2v) is 7.80. The maximum atomic E-state index is 12.3. The van der Waals surface area contributed by atoms with Crippen molar-refractivity contribution < 1.29 is 14.3 Å². The molecule has 4 rings (SSSR count). The van der Waals surface area contributed by atoms with E-state index < -0.39 is 0 Å². The molecule has 0 N–H and O–H groups in total. The van der Waals surface area contributed by atoms with Crippen molar-refractivity contribution in [2.75, 3.05) is 49.7 Å². The molecule has 0 radical (unpaired) electrons. The highest BCUT2D eigenvalue weighted by Crippen LogP contribution is 2.36. The van der Waals surface area contributed by atoms with Crippen LogP contribution in [0.3, 0.4) is 0 Å². The average molecular weight is 413 g/mol. The molecule has 2 aromatic heterocycles. The molecule has 0 amide bonds. The Morgan fingerprint density at radius 3 is 2.59 bits per heavy atom. The molecular formula is C21H24N4O3S. The lowest BCUT2D eigenvalue weighted by atomic mass is 10.1. The number of nitrogens with zero attached hydrogens (tertiary/aromatic N) is 4. The van der Waals surface area contributed by atoms with E-state index in [9.17, 15) is 4.79 Å². The maximum Gasteiger partial charge on any atom is 0.348 e. The lowest BCUT2D eigenvalue weighted by Crippen LogP contribution is -2.47. The van der Waals surface area contributed by atoms with Gasteiger partial charge in [-0.05, 0) is 31.5 Å². The van der Waals surface area contributed by atoms with Crippen LogP contribution < -0.4 is 14.5 Å². The quantitative estimate of drug-likeness (QED) is 0.594. The number of ether oxygens (including phenoxy) is 2. The number of esters is 1. The summed E-state index contributed by atoms with van der Waals surface area (Å²) in [5, 5.41) is 0.950. The lowest BCUT2D eigenvalue weighted by molar-refractivity contribution is 0.0531. The first-order valence-corrected chi connectivity index (χ1v) is 10.5. The number of hydrogen-bond acceptors (Lipinski definition) is 8. The van der Waals surface area contributed by atoms with Crippen molar-refractivity contribution in [3.05, 3.63) is 41.0 Å². The number of benzene rings is 1. The van der Waals surface area contributed by atoms with Crippen LogP contribution in [0.4, 0.5) is 11.5 Å². The number of aryl methyl sites for hydroxylation is 1. The summed E-state index contributed by atoms with van der Waals surface area (Å²) in [5.74, 6) is 1.48. The van der Waals surface area contributed by atoms with Gasteiger partial charge in [-0.15, -0.1) is 11.3 Å². The zero-order valence-corrected chi connectivity index (χ0v) is 17.7. The van der Waals surface area contributed by atoms with E-state index in [1.54, 1.807) is 13.4 Å². The Morgan fingerprint density at radius 1 is 1.14 bits per heavy atom. The third-order valence-corrected chi connectivity index (χ3v) is 6.35. The van der Waals surface area contributed by atoms with Crippen LogP contribution in [0.5, 0.6) is 5.75 Å². The van der Waals surface area contributed by atoms with Crippen LogP contribution >= 0.6 is 11.3 Å². The molecule has 1 aliphatic heterocycles. The summed E-state index contributed by atoms with van der Waals surface area (Å²) in [6.45, 7) is 7.49. The second-order valence-electron chi connectivity index (χ2n) is 6.80. The minimum Gasteiger partial charge on any atom is -0.495 e. The Balaban J connectivity index is 1.59. The summed E-state index contributed by atoms with van der Waals surface area (Å²) in [6.07, 6.45) is 1.58. The molecular weight excluding hydrogens is 388 g/mol. The molecule has 152 valence electrons. The summed E-state index contributed by atoms with van der Waals surface area (Å²) in [7, 11) is 1.70. The number of hydrogen-bond donors (Lipinski definition) is 0. The first-order valence-electron chi connectivity index (χ1n) is 9.68. The minimum absolute atomic E-state index is 0.292. The van der Waals surface area contributed by atoms with Crippen molar-refractivity contribution in [1.29, 1.82) is 0 Å². The highest BCUT2D eigenvalue weighted by Gasteiger charge is 2.25. The topological polar surface area (TPSA) is 67.8 Å². The predicted octanol–water partition coefficient (Wildman–Crippen LogP) is 3.51. The molecule has 0 bridgehead atoms. The second kappa shape index (κ2) is 8.24. The molecule has 0 spiro atoms. The fraction of sp³-hybridized carbons (Fsp3) is 0.381. The first kappa shape index (κ1) is 19.4. The molecule has 1 aliphatic rings. The maximum absolute atomic E-state index is 12.3. The molecule has 3 heterocycles. The van der Waals surface area contributed by atoms with E-state index in [2.05, 4.69) is 25.8 Å². The Hall–Kier alpha value is -2.87. The molecule has 29 heavy (non-hydrogen) atoms. The molecule has 1 aromatic carbocycles. The molecule has 1 fully saturated rings. The molecule has 0 aliphatic carbocycles. The highest BCUT2D eigenvalue weighted by molar-refractivity contribution is 7.20. The van der Waals surface area contributed by atoms with E-state index in [1.807, 2.05) is 32.0 Å². The standard InChI is InChI=1S/C21H24N4O3S/c1-4-28-21(26)18-14(2)17-19(22-13-23-20(17)29-18)25-11-9-24(10-12-25)15-7-5-6-8-16(15)27-3/h5-8,13H,4,9-12H2,1-3H3.